The van der Waals surface area contributed by atoms with E-state index < -0.39 is 0 Å². The number of nitrogens with one attached hydrogen (secondary N) is 1. The van der Waals surface area contributed by atoms with Crippen molar-refractivity contribution in [1.82, 2.24) is 10.3 Å². The van der Waals surface area contributed by atoms with Gasteiger partial charge in [0.1, 0.15) is 0 Å². The molecular formula is C21H33N3O. The van der Waals surface area contributed by atoms with E-state index in [0.717, 1.165) is 37.4 Å². The van der Waals surface area contributed by atoms with Crippen molar-refractivity contribution in [2.45, 2.75) is 70.3 Å². The highest BCUT2D eigenvalue weighted by atomic mass is 16.1. The van der Waals surface area contributed by atoms with Crippen LogP contribution in [0, 0.1) is 17.8 Å². The van der Waals surface area contributed by atoms with E-state index in [1.54, 1.807) is 0 Å². The van der Waals surface area contributed by atoms with Gasteiger partial charge in [-0.2, -0.15) is 0 Å². The van der Waals surface area contributed by atoms with Crippen molar-refractivity contribution in [3.05, 3.63) is 30.1 Å². The summed E-state index contributed by atoms with van der Waals surface area (Å²) < 4.78 is 0. The summed E-state index contributed by atoms with van der Waals surface area (Å²) in [5, 5.41) is 3.33. The van der Waals surface area contributed by atoms with Crippen LogP contribution >= 0.6 is 0 Å². The van der Waals surface area contributed by atoms with Crippen LogP contribution < -0.4 is 11.1 Å². The summed E-state index contributed by atoms with van der Waals surface area (Å²) in [6.07, 6.45) is 13.4. The van der Waals surface area contributed by atoms with Gasteiger partial charge in [0, 0.05) is 12.6 Å². The van der Waals surface area contributed by atoms with Crippen LogP contribution in [-0.4, -0.2) is 17.4 Å². The Morgan fingerprint density at radius 3 is 2.52 bits per heavy atom. The fourth-order valence-corrected chi connectivity index (χ4v) is 4.63. The second kappa shape index (κ2) is 9.33. The van der Waals surface area contributed by atoms with Crippen LogP contribution in [0.25, 0.3) is 0 Å². The smallest absolute Gasteiger partial charge is 0.220 e. The van der Waals surface area contributed by atoms with Crippen LogP contribution in [-0.2, 0) is 4.79 Å². The lowest BCUT2D eigenvalue weighted by atomic mass is 9.77. The number of hydrogen-bond donors (Lipinski definition) is 2. The van der Waals surface area contributed by atoms with E-state index >= 15 is 0 Å². The predicted octanol–water partition coefficient (Wildman–Crippen LogP) is 3.97. The van der Waals surface area contributed by atoms with E-state index in [0.29, 0.717) is 18.3 Å². The highest BCUT2D eigenvalue weighted by Gasteiger charge is 2.30. The summed E-state index contributed by atoms with van der Waals surface area (Å²) in [7, 11) is 0. The highest BCUT2D eigenvalue weighted by molar-refractivity contribution is 5.76. The lowest BCUT2D eigenvalue weighted by molar-refractivity contribution is -0.122. The van der Waals surface area contributed by atoms with Gasteiger partial charge in [-0.25, -0.2) is 0 Å². The topological polar surface area (TPSA) is 68.0 Å². The quantitative estimate of drug-likeness (QED) is 0.787. The molecule has 1 amide bonds. The Kier molecular flexibility index (Phi) is 6.85. The number of nitrogens with two attached hydrogens (primary N) is 1. The molecule has 0 aromatic carbocycles. The van der Waals surface area contributed by atoms with Gasteiger partial charge in [0.25, 0.3) is 0 Å². The van der Waals surface area contributed by atoms with Gasteiger partial charge in [-0.1, -0.05) is 31.7 Å². The SMILES string of the molecule is NCC1CCC([C@H](NC(=O)CCC2CCCC2)c2ccccn2)CC1. The summed E-state index contributed by atoms with van der Waals surface area (Å²) in [5.74, 6) is 2.09. The molecule has 2 aliphatic rings. The van der Waals surface area contributed by atoms with Crippen LogP contribution in [0.1, 0.15) is 75.9 Å². The summed E-state index contributed by atoms with van der Waals surface area (Å²) in [5.41, 5.74) is 6.84. The molecule has 2 aliphatic carbocycles. The third-order valence-corrected chi connectivity index (χ3v) is 6.27. The molecule has 3 N–H and O–H groups in total. The second-order valence-electron chi connectivity index (χ2n) is 8.01. The first-order valence-corrected chi connectivity index (χ1v) is 10.2. The molecule has 0 spiro atoms. The van der Waals surface area contributed by atoms with E-state index in [4.69, 9.17) is 5.73 Å². The number of carbonyl (C=O) groups excluding carboxylic acids is 1. The molecule has 138 valence electrons. The van der Waals surface area contributed by atoms with E-state index in [9.17, 15) is 4.79 Å². The third-order valence-electron chi connectivity index (χ3n) is 6.27. The maximum atomic E-state index is 12.6. The molecule has 1 aromatic heterocycles. The van der Waals surface area contributed by atoms with E-state index in [-0.39, 0.29) is 11.9 Å². The van der Waals surface area contributed by atoms with Gasteiger partial charge >= 0.3 is 0 Å². The van der Waals surface area contributed by atoms with Crippen molar-refractivity contribution in [2.75, 3.05) is 6.54 Å². The Hall–Kier alpha value is -1.42. The van der Waals surface area contributed by atoms with Gasteiger partial charge in [-0.05, 0) is 68.5 Å². The van der Waals surface area contributed by atoms with Crippen molar-refractivity contribution >= 4 is 5.91 Å². The average molecular weight is 344 g/mol. The van der Waals surface area contributed by atoms with Crippen LogP contribution in [0.2, 0.25) is 0 Å². The van der Waals surface area contributed by atoms with Crippen LogP contribution in [0.4, 0.5) is 0 Å². The van der Waals surface area contributed by atoms with E-state index in [1.807, 2.05) is 18.3 Å². The van der Waals surface area contributed by atoms with Gasteiger partial charge in [-0.15, -0.1) is 0 Å². The lowest BCUT2D eigenvalue weighted by Gasteiger charge is -2.33. The maximum Gasteiger partial charge on any atom is 0.220 e. The monoisotopic (exact) mass is 343 g/mol. The zero-order valence-electron chi connectivity index (χ0n) is 15.3. The first-order chi connectivity index (χ1) is 12.3. The molecule has 0 unspecified atom stereocenters. The summed E-state index contributed by atoms with van der Waals surface area (Å²) in [4.78, 5) is 17.1. The van der Waals surface area contributed by atoms with Crippen molar-refractivity contribution in [3.8, 4) is 0 Å². The van der Waals surface area contributed by atoms with Gasteiger partial charge in [-0.3, -0.25) is 9.78 Å². The Labute approximate surface area is 152 Å². The molecule has 1 aromatic rings. The van der Waals surface area contributed by atoms with Crippen molar-refractivity contribution < 1.29 is 4.79 Å². The zero-order chi connectivity index (χ0) is 17.5. The van der Waals surface area contributed by atoms with E-state index in [2.05, 4.69) is 16.4 Å². The van der Waals surface area contributed by atoms with Crippen molar-refractivity contribution in [3.63, 3.8) is 0 Å². The Balaban J connectivity index is 1.59. The molecule has 25 heavy (non-hydrogen) atoms. The summed E-state index contributed by atoms with van der Waals surface area (Å²) in [6, 6.07) is 6.06. The Bertz CT molecular complexity index is 519. The molecule has 4 nitrogen and oxygen atoms in total. The molecule has 0 aliphatic heterocycles. The number of aromatic nitrogens is 1. The number of rotatable bonds is 7. The van der Waals surface area contributed by atoms with Gasteiger partial charge in [0.15, 0.2) is 0 Å². The summed E-state index contributed by atoms with van der Waals surface area (Å²) >= 11 is 0. The average Bonchev–Trinajstić information content (AvgIpc) is 3.19. The number of amides is 1. The fraction of sp³-hybridized carbons (Fsp3) is 0.714. The fourth-order valence-electron chi connectivity index (χ4n) is 4.63. The number of nitrogens with zero attached hydrogens (tertiary/aromatic N) is 1. The minimum Gasteiger partial charge on any atom is -0.347 e. The number of carbonyl (C=O) groups is 1. The Morgan fingerprint density at radius 2 is 1.88 bits per heavy atom. The molecule has 2 fully saturated rings. The largest absolute Gasteiger partial charge is 0.347 e. The molecule has 0 bridgehead atoms. The molecular weight excluding hydrogens is 310 g/mol. The molecule has 3 rings (SSSR count). The highest BCUT2D eigenvalue weighted by Crippen LogP contribution is 2.36. The minimum atomic E-state index is 0.0519. The number of pyridine rings is 1. The normalized spacial score (nSPS) is 25.6. The number of hydrogen-bond acceptors (Lipinski definition) is 3. The molecule has 0 radical (unpaired) electrons. The molecule has 1 atom stereocenters. The lowest BCUT2D eigenvalue weighted by Crippen LogP contribution is -2.36. The van der Waals surface area contributed by atoms with E-state index in [1.165, 1.54) is 38.5 Å². The zero-order valence-corrected chi connectivity index (χ0v) is 15.3. The predicted molar refractivity (Wildman–Crippen MR) is 101 cm³/mol. The van der Waals surface area contributed by atoms with Crippen molar-refractivity contribution in [2.24, 2.45) is 23.5 Å². The third kappa shape index (κ3) is 5.27. The molecule has 1 heterocycles. The van der Waals surface area contributed by atoms with Crippen LogP contribution in [0.3, 0.4) is 0 Å². The van der Waals surface area contributed by atoms with Gasteiger partial charge < -0.3 is 11.1 Å². The van der Waals surface area contributed by atoms with Crippen molar-refractivity contribution in [1.29, 1.82) is 0 Å². The van der Waals surface area contributed by atoms with Crippen LogP contribution in [0.15, 0.2) is 24.4 Å². The van der Waals surface area contributed by atoms with Crippen LogP contribution in [0.5, 0.6) is 0 Å². The Morgan fingerprint density at radius 1 is 1.12 bits per heavy atom. The second-order valence-corrected chi connectivity index (χ2v) is 8.01. The van der Waals surface area contributed by atoms with Gasteiger partial charge in [0.2, 0.25) is 5.91 Å². The molecule has 2 saturated carbocycles. The van der Waals surface area contributed by atoms with Gasteiger partial charge in [0.05, 0.1) is 11.7 Å². The standard InChI is InChI=1S/C21H33N3O/c22-15-17-8-11-18(12-9-17)21(19-7-3-4-14-23-19)24-20(25)13-10-16-5-1-2-6-16/h3-4,7,14,16-18,21H,1-2,5-6,8-13,15,22H2,(H,24,25)/t17?,18?,21-/m0/s1. The maximum absolute atomic E-state index is 12.6. The minimum absolute atomic E-state index is 0.0519. The first-order valence-electron chi connectivity index (χ1n) is 10.2. The first kappa shape index (κ1) is 18.4. The molecule has 0 saturated heterocycles. The molecule has 4 heteroatoms. The summed E-state index contributed by atoms with van der Waals surface area (Å²) in [6.45, 7) is 0.786.